The van der Waals surface area contributed by atoms with E-state index in [0.29, 0.717) is 5.92 Å². The number of carbonyl (C=O) groups is 1. The van der Waals surface area contributed by atoms with Crippen LogP contribution in [0.2, 0.25) is 0 Å². The van der Waals surface area contributed by atoms with E-state index in [2.05, 4.69) is 12.2 Å². The maximum atomic E-state index is 11.8. The van der Waals surface area contributed by atoms with Crippen LogP contribution in [0, 0.1) is 11.8 Å². The van der Waals surface area contributed by atoms with E-state index in [-0.39, 0.29) is 18.4 Å². The van der Waals surface area contributed by atoms with Crippen molar-refractivity contribution in [3.63, 3.8) is 0 Å². The lowest BCUT2D eigenvalue weighted by Gasteiger charge is -2.22. The normalized spacial score (nSPS) is 19.4. The summed E-state index contributed by atoms with van der Waals surface area (Å²) in [6.07, 6.45) is 7.61. The van der Waals surface area contributed by atoms with Gasteiger partial charge in [-0.2, -0.15) is 0 Å². The number of hydrogen-bond donors (Lipinski definition) is 2. The molecular weight excluding hydrogens is 202 g/mol. The minimum absolute atomic E-state index is 0.220. The molecular formula is C13H25NO2. The van der Waals surface area contributed by atoms with E-state index in [1.165, 1.54) is 19.3 Å². The van der Waals surface area contributed by atoms with Crippen molar-refractivity contribution in [2.75, 3.05) is 13.2 Å². The first kappa shape index (κ1) is 13.5. The van der Waals surface area contributed by atoms with E-state index in [9.17, 15) is 4.79 Å². The van der Waals surface area contributed by atoms with Crippen molar-refractivity contribution in [1.29, 1.82) is 0 Å². The summed E-state index contributed by atoms with van der Waals surface area (Å²) in [7, 11) is 0. The molecule has 2 N–H and O–H groups in total. The molecule has 0 saturated heterocycles. The molecule has 1 atom stereocenters. The smallest absolute Gasteiger partial charge is 0.223 e. The first-order chi connectivity index (χ1) is 7.77. The summed E-state index contributed by atoms with van der Waals surface area (Å²) >= 11 is 0. The lowest BCUT2D eigenvalue weighted by atomic mass is 9.88. The minimum atomic E-state index is 0.220. The Morgan fingerprint density at radius 2 is 2.06 bits per heavy atom. The lowest BCUT2D eigenvalue weighted by Crippen LogP contribution is -2.35. The fourth-order valence-electron chi connectivity index (χ4n) is 2.39. The maximum Gasteiger partial charge on any atom is 0.223 e. The van der Waals surface area contributed by atoms with Crippen molar-refractivity contribution in [2.24, 2.45) is 11.8 Å². The average Bonchev–Trinajstić information content (AvgIpc) is 2.35. The summed E-state index contributed by atoms with van der Waals surface area (Å²) in [6, 6.07) is 0. The fourth-order valence-corrected chi connectivity index (χ4v) is 2.39. The van der Waals surface area contributed by atoms with E-state index in [1.54, 1.807) is 0 Å². The zero-order chi connectivity index (χ0) is 11.8. The molecule has 0 aliphatic heterocycles. The predicted octanol–water partition coefficient (Wildman–Crippen LogP) is 2.09. The monoisotopic (exact) mass is 227 g/mol. The molecule has 1 fully saturated rings. The summed E-state index contributed by atoms with van der Waals surface area (Å²) in [5.74, 6) is 0.911. The summed E-state index contributed by atoms with van der Waals surface area (Å²) in [5, 5.41) is 11.9. The Morgan fingerprint density at radius 1 is 1.38 bits per heavy atom. The number of carbonyl (C=O) groups excluding carboxylic acids is 1. The Morgan fingerprint density at radius 3 is 2.62 bits per heavy atom. The number of hydrogen-bond acceptors (Lipinski definition) is 2. The topological polar surface area (TPSA) is 49.3 Å². The Hall–Kier alpha value is -0.570. The SMILES string of the molecule is CCC(CCO)CNC(=O)C1CCCCC1. The van der Waals surface area contributed by atoms with Crippen LogP contribution in [0.1, 0.15) is 51.9 Å². The molecule has 0 aromatic carbocycles. The van der Waals surface area contributed by atoms with Crippen LogP contribution in [-0.2, 0) is 4.79 Å². The third-order valence-corrected chi connectivity index (χ3v) is 3.66. The van der Waals surface area contributed by atoms with Gasteiger partial charge < -0.3 is 10.4 Å². The van der Waals surface area contributed by atoms with Gasteiger partial charge in [0.15, 0.2) is 0 Å². The van der Waals surface area contributed by atoms with Crippen molar-refractivity contribution in [3.8, 4) is 0 Å². The van der Waals surface area contributed by atoms with Crippen LogP contribution in [0.15, 0.2) is 0 Å². The quantitative estimate of drug-likeness (QED) is 0.730. The third-order valence-electron chi connectivity index (χ3n) is 3.66. The van der Waals surface area contributed by atoms with Gasteiger partial charge in [-0.15, -0.1) is 0 Å². The standard InChI is InChI=1S/C13H25NO2/c1-2-11(8-9-15)10-14-13(16)12-6-4-3-5-7-12/h11-12,15H,2-10H2,1H3,(H,14,16). The summed E-state index contributed by atoms with van der Waals surface area (Å²) in [5.41, 5.74) is 0. The molecule has 0 bridgehead atoms. The zero-order valence-electron chi connectivity index (χ0n) is 10.4. The largest absolute Gasteiger partial charge is 0.396 e. The summed E-state index contributed by atoms with van der Waals surface area (Å²) < 4.78 is 0. The molecule has 0 aromatic rings. The number of amides is 1. The van der Waals surface area contributed by atoms with Gasteiger partial charge >= 0.3 is 0 Å². The van der Waals surface area contributed by atoms with Gasteiger partial charge in [-0.25, -0.2) is 0 Å². The molecule has 0 aromatic heterocycles. The molecule has 1 unspecified atom stereocenters. The van der Waals surface area contributed by atoms with Crippen molar-refractivity contribution < 1.29 is 9.90 Å². The molecule has 3 heteroatoms. The van der Waals surface area contributed by atoms with Gasteiger partial charge in [0.2, 0.25) is 5.91 Å². The highest BCUT2D eigenvalue weighted by Gasteiger charge is 2.21. The van der Waals surface area contributed by atoms with E-state index in [1.807, 2.05) is 0 Å². The summed E-state index contributed by atoms with van der Waals surface area (Å²) in [4.78, 5) is 11.8. The van der Waals surface area contributed by atoms with Gasteiger partial charge in [0.25, 0.3) is 0 Å². The van der Waals surface area contributed by atoms with Crippen LogP contribution in [0.4, 0.5) is 0 Å². The second-order valence-corrected chi connectivity index (χ2v) is 4.87. The van der Waals surface area contributed by atoms with Gasteiger partial charge in [-0.05, 0) is 25.2 Å². The van der Waals surface area contributed by atoms with Gasteiger partial charge in [0, 0.05) is 19.1 Å². The molecule has 0 radical (unpaired) electrons. The van der Waals surface area contributed by atoms with Crippen molar-refractivity contribution in [3.05, 3.63) is 0 Å². The lowest BCUT2D eigenvalue weighted by molar-refractivity contribution is -0.126. The number of aliphatic hydroxyl groups excluding tert-OH is 1. The summed E-state index contributed by atoms with van der Waals surface area (Å²) in [6.45, 7) is 3.05. The van der Waals surface area contributed by atoms with E-state index < -0.39 is 0 Å². The van der Waals surface area contributed by atoms with Crippen LogP contribution >= 0.6 is 0 Å². The molecule has 0 heterocycles. The van der Waals surface area contributed by atoms with Crippen LogP contribution in [0.3, 0.4) is 0 Å². The Kier molecular flexibility index (Phi) is 6.46. The van der Waals surface area contributed by atoms with Crippen molar-refractivity contribution in [1.82, 2.24) is 5.32 Å². The molecule has 1 rings (SSSR count). The second kappa shape index (κ2) is 7.66. The van der Waals surface area contributed by atoms with Crippen molar-refractivity contribution >= 4 is 5.91 Å². The molecule has 16 heavy (non-hydrogen) atoms. The molecule has 1 aliphatic rings. The number of nitrogens with one attached hydrogen (secondary N) is 1. The fraction of sp³-hybridized carbons (Fsp3) is 0.923. The molecule has 1 amide bonds. The maximum absolute atomic E-state index is 11.8. The second-order valence-electron chi connectivity index (χ2n) is 4.87. The van der Waals surface area contributed by atoms with E-state index >= 15 is 0 Å². The predicted molar refractivity (Wildman–Crippen MR) is 65.1 cm³/mol. The van der Waals surface area contributed by atoms with Gasteiger partial charge in [0.05, 0.1) is 0 Å². The average molecular weight is 227 g/mol. The molecule has 1 aliphatic carbocycles. The number of aliphatic hydroxyl groups is 1. The number of rotatable bonds is 6. The highest BCUT2D eigenvalue weighted by molar-refractivity contribution is 5.78. The molecule has 0 spiro atoms. The first-order valence-corrected chi connectivity index (χ1v) is 6.66. The van der Waals surface area contributed by atoms with Crippen molar-refractivity contribution in [2.45, 2.75) is 51.9 Å². The molecule has 3 nitrogen and oxygen atoms in total. The van der Waals surface area contributed by atoms with E-state index in [0.717, 1.165) is 32.2 Å². The van der Waals surface area contributed by atoms with Crippen LogP contribution in [0.5, 0.6) is 0 Å². The third kappa shape index (κ3) is 4.52. The van der Waals surface area contributed by atoms with Crippen LogP contribution in [0.25, 0.3) is 0 Å². The van der Waals surface area contributed by atoms with Crippen LogP contribution < -0.4 is 5.32 Å². The highest BCUT2D eigenvalue weighted by Crippen LogP contribution is 2.23. The van der Waals surface area contributed by atoms with Gasteiger partial charge in [0.1, 0.15) is 0 Å². The molecule has 1 saturated carbocycles. The van der Waals surface area contributed by atoms with E-state index in [4.69, 9.17) is 5.11 Å². The van der Waals surface area contributed by atoms with Gasteiger partial charge in [-0.3, -0.25) is 4.79 Å². The Balaban J connectivity index is 2.22. The highest BCUT2D eigenvalue weighted by atomic mass is 16.3. The zero-order valence-corrected chi connectivity index (χ0v) is 10.4. The first-order valence-electron chi connectivity index (χ1n) is 6.66. The Labute approximate surface area is 98.6 Å². The van der Waals surface area contributed by atoms with Gasteiger partial charge in [-0.1, -0.05) is 32.6 Å². The molecule has 94 valence electrons. The van der Waals surface area contributed by atoms with Crippen LogP contribution in [-0.4, -0.2) is 24.2 Å². The minimum Gasteiger partial charge on any atom is -0.396 e. The Bertz CT molecular complexity index is 200.